The molecule has 0 amide bonds. The first-order valence-electron chi connectivity index (χ1n) is 3.77. The number of rotatable bonds is 1. The number of ether oxygens (including phenoxy) is 1. The number of carbonyl (C=O) groups is 1. The second kappa shape index (κ2) is 3.66. The molecule has 5 heteroatoms. The van der Waals surface area contributed by atoms with E-state index in [1.807, 2.05) is 6.07 Å². The van der Waals surface area contributed by atoms with Crippen LogP contribution in [0, 0.1) is 11.3 Å². The second-order valence-electron chi connectivity index (χ2n) is 2.64. The lowest BCUT2D eigenvalue weighted by Crippen LogP contribution is -2.09. The standard InChI is InChI=1S/C9H9N3O2/c1-14-9(13)8-5(4-10)2-6(11)3-7(8)12/h2-3H,11-12H2,1H3. The molecule has 0 aliphatic heterocycles. The summed E-state index contributed by atoms with van der Waals surface area (Å²) in [4.78, 5) is 11.2. The third kappa shape index (κ3) is 1.59. The van der Waals surface area contributed by atoms with E-state index in [4.69, 9.17) is 16.7 Å². The van der Waals surface area contributed by atoms with E-state index in [2.05, 4.69) is 4.74 Å². The van der Waals surface area contributed by atoms with Crippen LogP contribution in [0.25, 0.3) is 0 Å². The van der Waals surface area contributed by atoms with E-state index in [-0.39, 0.29) is 16.8 Å². The SMILES string of the molecule is COC(=O)c1c(N)cc(N)cc1C#N. The van der Waals surface area contributed by atoms with Gasteiger partial charge in [0.1, 0.15) is 11.6 Å². The zero-order chi connectivity index (χ0) is 10.7. The van der Waals surface area contributed by atoms with E-state index >= 15 is 0 Å². The summed E-state index contributed by atoms with van der Waals surface area (Å²) in [7, 11) is 1.22. The number of nitrogen functional groups attached to an aromatic ring is 2. The third-order valence-electron chi connectivity index (χ3n) is 1.70. The van der Waals surface area contributed by atoms with Gasteiger partial charge in [-0.3, -0.25) is 0 Å². The van der Waals surface area contributed by atoms with E-state index in [0.717, 1.165) is 0 Å². The number of anilines is 2. The van der Waals surface area contributed by atoms with Gasteiger partial charge in [-0.2, -0.15) is 5.26 Å². The normalized spacial score (nSPS) is 9.14. The van der Waals surface area contributed by atoms with Crippen molar-refractivity contribution in [3.05, 3.63) is 23.3 Å². The van der Waals surface area contributed by atoms with Crippen molar-refractivity contribution < 1.29 is 9.53 Å². The first kappa shape index (κ1) is 9.86. The highest BCUT2D eigenvalue weighted by molar-refractivity contribution is 5.98. The van der Waals surface area contributed by atoms with Crippen molar-refractivity contribution in [2.24, 2.45) is 0 Å². The molecule has 1 rings (SSSR count). The molecule has 0 bridgehead atoms. The fourth-order valence-corrected chi connectivity index (χ4v) is 1.11. The Hall–Kier alpha value is -2.22. The largest absolute Gasteiger partial charge is 0.465 e. The molecule has 0 spiro atoms. The molecule has 0 aromatic heterocycles. The molecule has 1 aromatic rings. The number of nitrogens with zero attached hydrogens (tertiary/aromatic N) is 1. The van der Waals surface area contributed by atoms with Gasteiger partial charge >= 0.3 is 5.97 Å². The van der Waals surface area contributed by atoms with Crippen LogP contribution in [0.15, 0.2) is 12.1 Å². The number of nitriles is 1. The van der Waals surface area contributed by atoms with E-state index in [1.54, 1.807) is 0 Å². The maximum atomic E-state index is 11.2. The molecule has 14 heavy (non-hydrogen) atoms. The summed E-state index contributed by atoms with van der Waals surface area (Å²) in [6, 6.07) is 4.62. The van der Waals surface area contributed by atoms with Gasteiger partial charge in [-0.05, 0) is 12.1 Å². The molecule has 0 atom stereocenters. The first-order valence-corrected chi connectivity index (χ1v) is 3.77. The van der Waals surface area contributed by atoms with Gasteiger partial charge in [0.25, 0.3) is 0 Å². The highest BCUT2D eigenvalue weighted by Crippen LogP contribution is 2.21. The summed E-state index contributed by atoms with van der Waals surface area (Å²) in [5.41, 5.74) is 11.7. The van der Waals surface area contributed by atoms with Crippen LogP contribution in [0.1, 0.15) is 15.9 Å². The Morgan fingerprint density at radius 2 is 2.14 bits per heavy atom. The molecule has 0 radical (unpaired) electrons. The predicted molar refractivity (Wildman–Crippen MR) is 51.3 cm³/mol. The van der Waals surface area contributed by atoms with Crippen molar-refractivity contribution in [1.29, 1.82) is 5.26 Å². The summed E-state index contributed by atoms with van der Waals surface area (Å²) in [5.74, 6) is -0.640. The topological polar surface area (TPSA) is 102 Å². The van der Waals surface area contributed by atoms with Crippen LogP contribution in [0.2, 0.25) is 0 Å². The van der Waals surface area contributed by atoms with E-state index in [9.17, 15) is 4.79 Å². The minimum absolute atomic E-state index is 0.0594. The fraction of sp³-hybridized carbons (Fsp3) is 0.111. The zero-order valence-electron chi connectivity index (χ0n) is 7.57. The van der Waals surface area contributed by atoms with Gasteiger partial charge in [0.15, 0.2) is 0 Å². The Balaban J connectivity index is 3.42. The molecule has 1 aromatic carbocycles. The van der Waals surface area contributed by atoms with Crippen molar-refractivity contribution in [2.45, 2.75) is 0 Å². The maximum Gasteiger partial charge on any atom is 0.341 e. The molecule has 0 saturated carbocycles. The Morgan fingerprint density at radius 3 is 2.64 bits per heavy atom. The van der Waals surface area contributed by atoms with Crippen LogP contribution in [0.4, 0.5) is 11.4 Å². The maximum absolute atomic E-state index is 11.2. The van der Waals surface area contributed by atoms with Crippen molar-refractivity contribution in [1.82, 2.24) is 0 Å². The lowest BCUT2D eigenvalue weighted by Gasteiger charge is -2.06. The van der Waals surface area contributed by atoms with Crippen LogP contribution in [0.5, 0.6) is 0 Å². The monoisotopic (exact) mass is 191 g/mol. The highest BCUT2D eigenvalue weighted by atomic mass is 16.5. The number of methoxy groups -OCH3 is 1. The van der Waals surface area contributed by atoms with Gasteiger partial charge in [0.05, 0.1) is 12.7 Å². The number of nitrogens with two attached hydrogens (primary N) is 2. The number of carbonyl (C=O) groups excluding carboxylic acids is 1. The van der Waals surface area contributed by atoms with Crippen molar-refractivity contribution in [3.8, 4) is 6.07 Å². The fourth-order valence-electron chi connectivity index (χ4n) is 1.11. The summed E-state index contributed by atoms with van der Waals surface area (Å²) in [6.45, 7) is 0. The van der Waals surface area contributed by atoms with Crippen LogP contribution in [-0.4, -0.2) is 13.1 Å². The molecular weight excluding hydrogens is 182 g/mol. The number of hydrogen-bond acceptors (Lipinski definition) is 5. The van der Waals surface area contributed by atoms with Gasteiger partial charge < -0.3 is 16.2 Å². The third-order valence-corrected chi connectivity index (χ3v) is 1.70. The van der Waals surface area contributed by atoms with Crippen LogP contribution in [0.3, 0.4) is 0 Å². The molecule has 4 N–H and O–H groups in total. The Labute approximate surface area is 80.9 Å². The van der Waals surface area contributed by atoms with Crippen LogP contribution >= 0.6 is 0 Å². The summed E-state index contributed by atoms with van der Waals surface area (Å²) >= 11 is 0. The summed E-state index contributed by atoms with van der Waals surface area (Å²) < 4.78 is 4.49. The minimum Gasteiger partial charge on any atom is -0.465 e. The van der Waals surface area contributed by atoms with Crippen LogP contribution in [-0.2, 0) is 4.74 Å². The molecule has 0 heterocycles. The zero-order valence-corrected chi connectivity index (χ0v) is 7.57. The number of esters is 1. The Morgan fingerprint density at radius 1 is 1.50 bits per heavy atom. The predicted octanol–water partition coefficient (Wildman–Crippen LogP) is 0.509. The highest BCUT2D eigenvalue weighted by Gasteiger charge is 2.16. The average molecular weight is 191 g/mol. The summed E-state index contributed by atoms with van der Waals surface area (Å²) in [6.07, 6.45) is 0. The van der Waals surface area contributed by atoms with Gasteiger partial charge in [-0.25, -0.2) is 4.79 Å². The number of benzene rings is 1. The molecule has 72 valence electrons. The van der Waals surface area contributed by atoms with Crippen molar-refractivity contribution in [2.75, 3.05) is 18.6 Å². The molecule has 0 saturated heterocycles. The lowest BCUT2D eigenvalue weighted by molar-refractivity contribution is 0.0601. The average Bonchev–Trinajstić information content (AvgIpc) is 2.15. The van der Waals surface area contributed by atoms with E-state index in [0.29, 0.717) is 5.69 Å². The molecular formula is C9H9N3O2. The quantitative estimate of drug-likeness (QED) is 0.497. The van der Waals surface area contributed by atoms with E-state index < -0.39 is 5.97 Å². The Bertz CT molecular complexity index is 421. The van der Waals surface area contributed by atoms with Crippen LogP contribution < -0.4 is 11.5 Å². The Kier molecular flexibility index (Phi) is 2.58. The molecule has 0 aliphatic carbocycles. The molecule has 0 fully saturated rings. The molecule has 5 nitrogen and oxygen atoms in total. The number of hydrogen-bond donors (Lipinski definition) is 2. The van der Waals surface area contributed by atoms with Gasteiger partial charge in [-0.15, -0.1) is 0 Å². The second-order valence-corrected chi connectivity index (χ2v) is 2.64. The molecule has 0 unspecified atom stereocenters. The van der Waals surface area contributed by atoms with E-state index in [1.165, 1.54) is 19.2 Å². The molecule has 0 aliphatic rings. The van der Waals surface area contributed by atoms with Gasteiger partial charge in [0.2, 0.25) is 0 Å². The summed E-state index contributed by atoms with van der Waals surface area (Å²) in [5, 5.41) is 8.74. The smallest absolute Gasteiger partial charge is 0.341 e. The van der Waals surface area contributed by atoms with Crippen molar-refractivity contribution in [3.63, 3.8) is 0 Å². The minimum atomic E-state index is -0.640. The first-order chi connectivity index (χ1) is 6.60. The lowest BCUT2D eigenvalue weighted by atomic mass is 10.1. The van der Waals surface area contributed by atoms with Gasteiger partial charge in [-0.1, -0.05) is 0 Å². The van der Waals surface area contributed by atoms with Crippen molar-refractivity contribution >= 4 is 17.3 Å². The van der Waals surface area contributed by atoms with Gasteiger partial charge in [0, 0.05) is 11.4 Å².